The van der Waals surface area contributed by atoms with Crippen molar-refractivity contribution in [2.24, 2.45) is 5.92 Å². The van der Waals surface area contributed by atoms with Gasteiger partial charge in [0.15, 0.2) is 17.6 Å². The van der Waals surface area contributed by atoms with Crippen LogP contribution in [0, 0.1) is 19.8 Å². The molecule has 2 aromatic carbocycles. The van der Waals surface area contributed by atoms with Crippen LogP contribution < -0.4 is 14.8 Å². The number of aryl methyl sites for hydroxylation is 2. The Kier molecular flexibility index (Phi) is 6.45. The first-order chi connectivity index (χ1) is 16.9. The number of carbonyl (C=O) groups is 2. The number of para-hydroxylation sites is 2. The lowest BCUT2D eigenvalue weighted by Crippen LogP contribution is -2.56. The van der Waals surface area contributed by atoms with Crippen molar-refractivity contribution in [1.82, 2.24) is 15.1 Å². The van der Waals surface area contributed by atoms with E-state index in [9.17, 15) is 9.59 Å². The number of likely N-dealkylation sites (tertiary alicyclic amines) is 1. The number of carbonyl (C=O) groups excluding carboxylic acids is 2. The molecule has 2 aromatic rings. The molecule has 3 amide bonds. The van der Waals surface area contributed by atoms with E-state index < -0.39 is 5.54 Å². The summed E-state index contributed by atoms with van der Waals surface area (Å²) in [4.78, 5) is 30.5. The number of ether oxygens (including phenoxy) is 2. The Hall–Kier alpha value is -3.06. The zero-order valence-electron chi connectivity index (χ0n) is 20.9. The lowest BCUT2D eigenvalue weighted by Gasteiger charge is -2.40. The van der Waals surface area contributed by atoms with Gasteiger partial charge in [-0.15, -0.1) is 0 Å². The molecule has 1 N–H and O–H groups in total. The molecule has 3 aliphatic rings. The number of rotatable bonds is 6. The predicted octanol–water partition coefficient (Wildman–Crippen LogP) is 4.06. The topological polar surface area (TPSA) is 71.1 Å². The third-order valence-electron chi connectivity index (χ3n) is 7.90. The minimum Gasteiger partial charge on any atom is -0.486 e. The number of hydrogen-bond donors (Lipinski definition) is 1. The lowest BCUT2D eigenvalue weighted by atomic mass is 9.75. The summed E-state index contributed by atoms with van der Waals surface area (Å²) < 4.78 is 11.8. The molecule has 0 unspecified atom stereocenters. The van der Waals surface area contributed by atoms with Crippen molar-refractivity contribution in [2.75, 3.05) is 26.2 Å². The fourth-order valence-corrected chi connectivity index (χ4v) is 5.77. The first-order valence-electron chi connectivity index (χ1n) is 12.7. The Morgan fingerprint density at radius 2 is 1.80 bits per heavy atom. The smallest absolute Gasteiger partial charge is 0.325 e. The number of urea groups is 1. The van der Waals surface area contributed by atoms with Gasteiger partial charge >= 0.3 is 6.03 Å². The van der Waals surface area contributed by atoms with Gasteiger partial charge in [0.05, 0.1) is 6.54 Å². The minimum atomic E-state index is -0.837. The molecule has 35 heavy (non-hydrogen) atoms. The van der Waals surface area contributed by atoms with Crippen molar-refractivity contribution in [1.29, 1.82) is 0 Å². The number of amides is 3. The maximum absolute atomic E-state index is 13.7. The largest absolute Gasteiger partial charge is 0.486 e. The molecule has 7 nitrogen and oxygen atoms in total. The quantitative estimate of drug-likeness (QED) is 0.636. The molecule has 2 saturated heterocycles. The van der Waals surface area contributed by atoms with E-state index in [1.807, 2.05) is 31.2 Å². The molecule has 186 valence electrons. The Labute approximate surface area is 207 Å². The standard InChI is InChI=1S/C28H35N3O4/c1-4-28(22-11-13-30(14-12-22)16-21-15-19(2)9-10-20(21)3)26(32)31(27(33)29-28)17-23-18-34-24-7-5-6-8-25(24)35-23/h5-10,15,22-23H,4,11-14,16-18H2,1-3H3,(H,29,33)/t23-,28+/m0/s1. The maximum atomic E-state index is 13.7. The first kappa shape index (κ1) is 23.7. The van der Waals surface area contributed by atoms with Crippen LogP contribution in [0.3, 0.4) is 0 Å². The molecule has 0 spiro atoms. The third-order valence-corrected chi connectivity index (χ3v) is 7.90. The van der Waals surface area contributed by atoms with Crippen LogP contribution in [0.25, 0.3) is 0 Å². The van der Waals surface area contributed by atoms with Crippen LogP contribution in [-0.4, -0.2) is 59.6 Å². The molecular formula is C28H35N3O4. The molecule has 0 saturated carbocycles. The highest BCUT2D eigenvalue weighted by Gasteiger charge is 2.55. The second kappa shape index (κ2) is 9.53. The second-order valence-electron chi connectivity index (χ2n) is 10.1. The van der Waals surface area contributed by atoms with Gasteiger partial charge in [-0.05, 0) is 75.4 Å². The molecule has 0 aliphatic carbocycles. The van der Waals surface area contributed by atoms with Gasteiger partial charge in [0.25, 0.3) is 5.91 Å². The van der Waals surface area contributed by atoms with Gasteiger partial charge in [-0.25, -0.2) is 4.79 Å². The highest BCUT2D eigenvalue weighted by atomic mass is 16.6. The van der Waals surface area contributed by atoms with Crippen LogP contribution >= 0.6 is 0 Å². The number of piperidine rings is 1. The Bertz CT molecular complexity index is 1110. The first-order valence-corrected chi connectivity index (χ1v) is 12.7. The summed E-state index contributed by atoms with van der Waals surface area (Å²) >= 11 is 0. The Morgan fingerprint density at radius 1 is 1.06 bits per heavy atom. The van der Waals surface area contributed by atoms with Gasteiger partial charge in [-0.1, -0.05) is 42.8 Å². The fourth-order valence-electron chi connectivity index (χ4n) is 5.77. The lowest BCUT2D eigenvalue weighted by molar-refractivity contribution is -0.135. The second-order valence-corrected chi connectivity index (χ2v) is 10.1. The van der Waals surface area contributed by atoms with Crippen molar-refractivity contribution in [3.8, 4) is 11.5 Å². The number of nitrogens with one attached hydrogen (secondary N) is 1. The predicted molar refractivity (Wildman–Crippen MR) is 134 cm³/mol. The van der Waals surface area contributed by atoms with Crippen molar-refractivity contribution in [3.63, 3.8) is 0 Å². The zero-order valence-corrected chi connectivity index (χ0v) is 20.9. The number of benzene rings is 2. The van der Waals surface area contributed by atoms with Crippen molar-refractivity contribution in [2.45, 2.75) is 58.2 Å². The maximum Gasteiger partial charge on any atom is 0.325 e. The van der Waals surface area contributed by atoms with Crippen molar-refractivity contribution in [3.05, 3.63) is 59.2 Å². The molecule has 2 atom stereocenters. The minimum absolute atomic E-state index is 0.119. The molecule has 3 aliphatic heterocycles. The third kappa shape index (κ3) is 4.49. The van der Waals surface area contributed by atoms with Gasteiger partial charge in [0, 0.05) is 6.54 Å². The van der Waals surface area contributed by atoms with Gasteiger partial charge in [0.1, 0.15) is 12.1 Å². The summed E-state index contributed by atoms with van der Waals surface area (Å²) in [6, 6.07) is 13.8. The molecular weight excluding hydrogens is 442 g/mol. The van der Waals surface area contributed by atoms with Gasteiger partial charge in [-0.3, -0.25) is 14.6 Å². The summed E-state index contributed by atoms with van der Waals surface area (Å²) in [7, 11) is 0. The van der Waals surface area contributed by atoms with Crippen LogP contribution in [0.4, 0.5) is 4.79 Å². The van der Waals surface area contributed by atoms with Crippen LogP contribution in [0.2, 0.25) is 0 Å². The SMILES string of the molecule is CC[C@]1(C2CCN(Cc3cc(C)ccc3C)CC2)NC(=O)N(C[C@H]2COc3ccccc3O2)C1=O. The average Bonchev–Trinajstić information content (AvgIpc) is 3.12. The molecule has 5 rings (SSSR count). The van der Waals surface area contributed by atoms with E-state index in [1.165, 1.54) is 21.6 Å². The van der Waals surface area contributed by atoms with E-state index in [0.717, 1.165) is 32.5 Å². The van der Waals surface area contributed by atoms with Crippen LogP contribution in [-0.2, 0) is 11.3 Å². The summed E-state index contributed by atoms with van der Waals surface area (Å²) in [5, 5.41) is 3.10. The van der Waals surface area contributed by atoms with Crippen molar-refractivity contribution >= 4 is 11.9 Å². The number of nitrogens with zero attached hydrogens (tertiary/aromatic N) is 2. The molecule has 0 aromatic heterocycles. The summed E-state index contributed by atoms with van der Waals surface area (Å²) in [6.45, 7) is 9.54. The molecule has 0 bridgehead atoms. The van der Waals surface area contributed by atoms with E-state index in [4.69, 9.17) is 9.47 Å². The van der Waals surface area contributed by atoms with Gasteiger partial charge in [0.2, 0.25) is 0 Å². The normalized spacial score (nSPS) is 25.1. The van der Waals surface area contributed by atoms with E-state index >= 15 is 0 Å². The molecule has 0 radical (unpaired) electrons. The number of imide groups is 1. The summed E-state index contributed by atoms with van der Waals surface area (Å²) in [5.41, 5.74) is 3.12. The molecule has 3 heterocycles. The molecule has 7 heteroatoms. The fraction of sp³-hybridized carbons (Fsp3) is 0.500. The summed E-state index contributed by atoms with van der Waals surface area (Å²) in [6.07, 6.45) is 1.97. The van der Waals surface area contributed by atoms with Crippen LogP contribution in [0.5, 0.6) is 11.5 Å². The Balaban J connectivity index is 1.23. The zero-order chi connectivity index (χ0) is 24.6. The van der Waals surface area contributed by atoms with Crippen LogP contribution in [0.15, 0.2) is 42.5 Å². The van der Waals surface area contributed by atoms with E-state index in [-0.39, 0.29) is 30.5 Å². The number of fused-ring (bicyclic) bond motifs is 1. The van der Waals surface area contributed by atoms with Gasteiger partial charge < -0.3 is 14.8 Å². The van der Waals surface area contributed by atoms with E-state index in [1.54, 1.807) is 0 Å². The van der Waals surface area contributed by atoms with E-state index in [0.29, 0.717) is 24.5 Å². The molecule has 2 fully saturated rings. The van der Waals surface area contributed by atoms with Gasteiger partial charge in [-0.2, -0.15) is 0 Å². The highest BCUT2D eigenvalue weighted by molar-refractivity contribution is 6.07. The van der Waals surface area contributed by atoms with Crippen LogP contribution in [0.1, 0.15) is 42.9 Å². The summed E-state index contributed by atoms with van der Waals surface area (Å²) in [5.74, 6) is 1.33. The monoisotopic (exact) mass is 477 g/mol. The number of hydrogen-bond acceptors (Lipinski definition) is 5. The highest BCUT2D eigenvalue weighted by Crippen LogP contribution is 2.37. The van der Waals surface area contributed by atoms with E-state index in [2.05, 4.69) is 42.3 Å². The Morgan fingerprint density at radius 3 is 2.54 bits per heavy atom. The van der Waals surface area contributed by atoms with Crippen molar-refractivity contribution < 1.29 is 19.1 Å². The average molecular weight is 478 g/mol.